The van der Waals surface area contributed by atoms with Crippen molar-refractivity contribution in [3.05, 3.63) is 65.3 Å². The Balaban J connectivity index is 1.57. The summed E-state index contributed by atoms with van der Waals surface area (Å²) in [5, 5.41) is 13.3. The Labute approximate surface area is 179 Å². The number of hydrogen-bond donors (Lipinski definition) is 2. The number of carbonyl (C=O) groups excluding carboxylic acids is 1. The van der Waals surface area contributed by atoms with Gasteiger partial charge in [0.2, 0.25) is 11.8 Å². The summed E-state index contributed by atoms with van der Waals surface area (Å²) in [4.78, 5) is 38.1. The van der Waals surface area contributed by atoms with Gasteiger partial charge < -0.3 is 19.5 Å². The number of carbonyl (C=O) groups is 2. The number of fused-ring (bicyclic) bond motifs is 1. The standard InChI is InChI=1S/C22H25N5O4/c1-22(2,11-20(29)30)10-19(28)27-12-16-15(23-13-24-16)9-17(27)21-25-18(26-31-21)8-14-6-4-3-5-7-14/h3-7,13,17H,8-12H2,1-2H3,(H,23,24)(H,29,30). The molecule has 4 rings (SSSR count). The third kappa shape index (κ3) is 4.82. The molecular weight excluding hydrogens is 398 g/mol. The van der Waals surface area contributed by atoms with E-state index in [4.69, 9.17) is 9.63 Å². The fraction of sp³-hybridized carbons (Fsp3) is 0.409. The number of H-pyrrole nitrogens is 1. The highest BCUT2D eigenvalue weighted by molar-refractivity contribution is 5.78. The van der Waals surface area contributed by atoms with Crippen molar-refractivity contribution < 1.29 is 19.2 Å². The predicted octanol–water partition coefficient (Wildman–Crippen LogP) is 2.90. The van der Waals surface area contributed by atoms with Crippen LogP contribution in [0.25, 0.3) is 0 Å². The number of imidazole rings is 1. The first-order valence-electron chi connectivity index (χ1n) is 10.2. The highest BCUT2D eigenvalue weighted by atomic mass is 16.5. The summed E-state index contributed by atoms with van der Waals surface area (Å²) < 4.78 is 5.56. The molecule has 162 valence electrons. The monoisotopic (exact) mass is 423 g/mol. The molecule has 2 N–H and O–H groups in total. The van der Waals surface area contributed by atoms with Crippen LogP contribution in [0.5, 0.6) is 0 Å². The van der Waals surface area contributed by atoms with E-state index >= 15 is 0 Å². The van der Waals surface area contributed by atoms with Gasteiger partial charge in [0, 0.05) is 19.3 Å². The van der Waals surface area contributed by atoms with E-state index in [0.717, 1.165) is 17.0 Å². The minimum atomic E-state index is -0.925. The summed E-state index contributed by atoms with van der Waals surface area (Å²) >= 11 is 0. The number of carboxylic acids is 1. The van der Waals surface area contributed by atoms with Crippen LogP contribution in [0.2, 0.25) is 0 Å². The maximum atomic E-state index is 13.2. The molecule has 9 nitrogen and oxygen atoms in total. The van der Waals surface area contributed by atoms with Crippen molar-refractivity contribution in [1.82, 2.24) is 25.0 Å². The summed E-state index contributed by atoms with van der Waals surface area (Å²) in [5.74, 6) is -0.165. The Morgan fingerprint density at radius 3 is 2.77 bits per heavy atom. The average Bonchev–Trinajstić information content (AvgIpc) is 3.35. The molecule has 1 aliphatic heterocycles. The second kappa shape index (κ2) is 8.33. The molecule has 1 amide bonds. The Bertz CT molecular complexity index is 1070. The molecule has 0 saturated heterocycles. The first kappa shape index (κ1) is 20.8. The summed E-state index contributed by atoms with van der Waals surface area (Å²) in [6.07, 6.45) is 2.61. The molecular formula is C22H25N5O4. The van der Waals surface area contributed by atoms with Gasteiger partial charge in [0.25, 0.3) is 0 Å². The molecule has 1 aliphatic rings. The molecule has 1 unspecified atom stereocenters. The Hall–Kier alpha value is -3.49. The maximum absolute atomic E-state index is 13.2. The van der Waals surface area contributed by atoms with Crippen LogP contribution in [-0.2, 0) is 29.0 Å². The van der Waals surface area contributed by atoms with E-state index < -0.39 is 17.4 Å². The second-order valence-electron chi connectivity index (χ2n) is 8.69. The van der Waals surface area contributed by atoms with Crippen molar-refractivity contribution in [3.63, 3.8) is 0 Å². The van der Waals surface area contributed by atoms with E-state index in [2.05, 4.69) is 20.1 Å². The minimum absolute atomic E-state index is 0.0890. The van der Waals surface area contributed by atoms with Gasteiger partial charge >= 0.3 is 5.97 Å². The van der Waals surface area contributed by atoms with Crippen LogP contribution >= 0.6 is 0 Å². The number of rotatable bonds is 7. The van der Waals surface area contributed by atoms with Crippen LogP contribution in [0.4, 0.5) is 0 Å². The van der Waals surface area contributed by atoms with E-state index in [1.807, 2.05) is 30.3 Å². The van der Waals surface area contributed by atoms with E-state index in [1.54, 1.807) is 25.1 Å². The molecule has 0 radical (unpaired) electrons. The zero-order valence-electron chi connectivity index (χ0n) is 17.5. The molecule has 2 aromatic heterocycles. The maximum Gasteiger partial charge on any atom is 0.303 e. The number of nitrogens with zero attached hydrogens (tertiary/aromatic N) is 4. The van der Waals surface area contributed by atoms with Crippen LogP contribution in [0.1, 0.15) is 61.4 Å². The number of nitrogens with one attached hydrogen (secondary N) is 1. The van der Waals surface area contributed by atoms with Gasteiger partial charge in [-0.1, -0.05) is 49.3 Å². The van der Waals surface area contributed by atoms with Crippen molar-refractivity contribution in [3.8, 4) is 0 Å². The van der Waals surface area contributed by atoms with Crippen LogP contribution in [0, 0.1) is 5.41 Å². The molecule has 0 spiro atoms. The zero-order chi connectivity index (χ0) is 22.0. The second-order valence-corrected chi connectivity index (χ2v) is 8.69. The fourth-order valence-electron chi connectivity index (χ4n) is 3.95. The number of aromatic amines is 1. The van der Waals surface area contributed by atoms with Crippen LogP contribution < -0.4 is 0 Å². The molecule has 9 heteroatoms. The lowest BCUT2D eigenvalue weighted by molar-refractivity contribution is -0.142. The normalized spacial score (nSPS) is 16.2. The largest absolute Gasteiger partial charge is 0.481 e. The molecule has 3 aromatic rings. The molecule has 0 bridgehead atoms. The smallest absolute Gasteiger partial charge is 0.303 e. The van der Waals surface area contributed by atoms with Gasteiger partial charge in [-0.2, -0.15) is 4.98 Å². The van der Waals surface area contributed by atoms with Gasteiger partial charge in [-0.05, 0) is 11.0 Å². The number of benzene rings is 1. The van der Waals surface area contributed by atoms with Gasteiger partial charge in [-0.15, -0.1) is 0 Å². The SMILES string of the molecule is CC(C)(CC(=O)O)CC(=O)N1Cc2[nH]cnc2CC1c1nc(Cc2ccccc2)no1. The number of carboxylic acid groups (broad SMARTS) is 1. The highest BCUT2D eigenvalue weighted by Gasteiger charge is 2.38. The van der Waals surface area contributed by atoms with Crippen molar-refractivity contribution in [2.75, 3.05) is 0 Å². The fourth-order valence-corrected chi connectivity index (χ4v) is 3.95. The molecule has 3 heterocycles. The van der Waals surface area contributed by atoms with E-state index in [0.29, 0.717) is 31.1 Å². The molecule has 1 atom stereocenters. The molecule has 0 fully saturated rings. The van der Waals surface area contributed by atoms with Crippen LogP contribution in [0.3, 0.4) is 0 Å². The quantitative estimate of drug-likeness (QED) is 0.598. The predicted molar refractivity (Wildman–Crippen MR) is 110 cm³/mol. The van der Waals surface area contributed by atoms with Gasteiger partial charge in [0.15, 0.2) is 5.82 Å². The number of aliphatic carboxylic acids is 1. The van der Waals surface area contributed by atoms with E-state index in [-0.39, 0.29) is 18.7 Å². The van der Waals surface area contributed by atoms with Crippen molar-refractivity contribution in [2.24, 2.45) is 5.41 Å². The number of amides is 1. The summed E-state index contributed by atoms with van der Waals surface area (Å²) in [6, 6.07) is 9.40. The summed E-state index contributed by atoms with van der Waals surface area (Å²) in [7, 11) is 0. The lowest BCUT2D eigenvalue weighted by atomic mass is 9.84. The lowest BCUT2D eigenvalue weighted by Crippen LogP contribution is -2.41. The summed E-state index contributed by atoms with van der Waals surface area (Å²) in [6.45, 7) is 3.90. The lowest BCUT2D eigenvalue weighted by Gasteiger charge is -2.35. The topological polar surface area (TPSA) is 125 Å². The Morgan fingerprint density at radius 1 is 1.26 bits per heavy atom. The van der Waals surface area contributed by atoms with Gasteiger partial charge in [0.1, 0.15) is 6.04 Å². The molecule has 0 saturated carbocycles. The molecule has 1 aromatic carbocycles. The molecule has 0 aliphatic carbocycles. The highest BCUT2D eigenvalue weighted by Crippen LogP contribution is 2.34. The average molecular weight is 423 g/mol. The summed E-state index contributed by atoms with van der Waals surface area (Å²) in [5.41, 5.74) is 2.12. The van der Waals surface area contributed by atoms with E-state index in [1.165, 1.54) is 0 Å². The first-order valence-corrected chi connectivity index (χ1v) is 10.2. The van der Waals surface area contributed by atoms with Crippen molar-refractivity contribution in [1.29, 1.82) is 0 Å². The third-order valence-electron chi connectivity index (χ3n) is 5.45. The van der Waals surface area contributed by atoms with Crippen molar-refractivity contribution >= 4 is 11.9 Å². The number of hydrogen-bond acceptors (Lipinski definition) is 6. The zero-order valence-corrected chi connectivity index (χ0v) is 17.5. The van der Waals surface area contributed by atoms with Gasteiger partial charge in [0.05, 0.1) is 30.7 Å². The van der Waals surface area contributed by atoms with Gasteiger partial charge in [-0.25, -0.2) is 4.98 Å². The van der Waals surface area contributed by atoms with Crippen LogP contribution in [0.15, 0.2) is 41.2 Å². The minimum Gasteiger partial charge on any atom is -0.481 e. The Morgan fingerprint density at radius 2 is 2.03 bits per heavy atom. The molecule has 31 heavy (non-hydrogen) atoms. The Kier molecular flexibility index (Phi) is 5.58. The van der Waals surface area contributed by atoms with Crippen LogP contribution in [-0.4, -0.2) is 42.0 Å². The van der Waals surface area contributed by atoms with Crippen molar-refractivity contribution in [2.45, 2.75) is 52.1 Å². The van der Waals surface area contributed by atoms with Gasteiger partial charge in [-0.3, -0.25) is 9.59 Å². The third-order valence-corrected chi connectivity index (χ3v) is 5.45. The number of aromatic nitrogens is 4. The first-order chi connectivity index (χ1) is 14.8. The van der Waals surface area contributed by atoms with E-state index in [9.17, 15) is 9.59 Å².